The van der Waals surface area contributed by atoms with E-state index in [2.05, 4.69) is 134 Å². The molecule has 3 aliphatic rings. The van der Waals surface area contributed by atoms with Crippen molar-refractivity contribution in [2.45, 2.75) is 19.3 Å². The highest BCUT2D eigenvalue weighted by Gasteiger charge is 2.26. The zero-order valence-electron chi connectivity index (χ0n) is 31.3. The summed E-state index contributed by atoms with van der Waals surface area (Å²) in [5, 5.41) is 2.01. The molecule has 0 amide bonds. The number of benzene rings is 6. The van der Waals surface area contributed by atoms with Gasteiger partial charge in [-0.1, -0.05) is 157 Å². The van der Waals surface area contributed by atoms with Crippen molar-refractivity contribution < 1.29 is 4.42 Å². The summed E-state index contributed by atoms with van der Waals surface area (Å²) in [5.74, 6) is 2.34. The molecule has 0 saturated carbocycles. The molecule has 0 aliphatic heterocycles. The van der Waals surface area contributed by atoms with Gasteiger partial charge in [0.05, 0.1) is 0 Å². The second-order valence-corrected chi connectivity index (χ2v) is 15.0. The molecular formula is C53H37N3O. The van der Waals surface area contributed by atoms with Gasteiger partial charge in [-0.3, -0.25) is 0 Å². The Morgan fingerprint density at radius 1 is 0.509 bits per heavy atom. The Hall–Kier alpha value is -7.17. The summed E-state index contributed by atoms with van der Waals surface area (Å²) in [4.78, 5) is 15.3. The monoisotopic (exact) mass is 731 g/mol. The molecule has 1 atom stereocenters. The van der Waals surface area contributed by atoms with Crippen molar-refractivity contribution in [1.82, 2.24) is 15.0 Å². The molecule has 8 aromatic rings. The molecule has 2 aromatic heterocycles. The Morgan fingerprint density at radius 2 is 1.18 bits per heavy atom. The molecule has 4 heteroatoms. The highest BCUT2D eigenvalue weighted by Crippen LogP contribution is 2.43. The number of allylic oxidation sites excluding steroid dienone is 10. The summed E-state index contributed by atoms with van der Waals surface area (Å²) < 4.78 is 6.50. The van der Waals surface area contributed by atoms with Crippen LogP contribution >= 0.6 is 0 Å². The van der Waals surface area contributed by atoms with E-state index < -0.39 is 0 Å². The number of hydrogen-bond acceptors (Lipinski definition) is 4. The van der Waals surface area contributed by atoms with Gasteiger partial charge in [0.1, 0.15) is 11.2 Å². The quantitative estimate of drug-likeness (QED) is 0.171. The Labute approximate surface area is 331 Å². The second kappa shape index (κ2) is 13.8. The van der Waals surface area contributed by atoms with E-state index in [1.807, 2.05) is 48.5 Å². The average Bonchev–Trinajstić information content (AvgIpc) is 3.68. The van der Waals surface area contributed by atoms with Gasteiger partial charge in [0.15, 0.2) is 17.5 Å². The minimum absolute atomic E-state index is 0.497. The molecule has 0 radical (unpaired) electrons. The van der Waals surface area contributed by atoms with Crippen LogP contribution in [0.1, 0.15) is 24.8 Å². The van der Waals surface area contributed by atoms with Crippen LogP contribution in [0.5, 0.6) is 0 Å². The standard InChI is InChI=1S/C53H37N3O/c1-3-12-34(13-4-1)37-17-10-20-43(32-37)52-54-51(36-15-5-2-6-16-36)55-53(56-52)46-22-11-23-49-50(46)47-33-41(27-29-48(47)57-49)39-19-9-18-38(30-39)40-26-28-45-42(31-40)25-24-35-14-7-8-21-44(35)45/h1-7,9-20,22-27,29-33,45H,8,21,28H2. The van der Waals surface area contributed by atoms with E-state index in [-0.39, 0.29) is 0 Å². The van der Waals surface area contributed by atoms with Crippen molar-refractivity contribution in [2.24, 2.45) is 5.92 Å². The first-order valence-corrected chi connectivity index (χ1v) is 19.8. The van der Waals surface area contributed by atoms with Gasteiger partial charge in [-0.05, 0) is 94.1 Å². The number of nitrogens with zero attached hydrogens (tertiary/aromatic N) is 3. The van der Waals surface area contributed by atoms with Gasteiger partial charge in [0.25, 0.3) is 0 Å². The van der Waals surface area contributed by atoms with Crippen molar-refractivity contribution in [1.29, 1.82) is 0 Å². The number of rotatable bonds is 6. The maximum atomic E-state index is 6.50. The van der Waals surface area contributed by atoms with E-state index in [9.17, 15) is 0 Å². The van der Waals surface area contributed by atoms with Crippen molar-refractivity contribution in [3.05, 3.63) is 204 Å². The molecule has 0 N–H and O–H groups in total. The van der Waals surface area contributed by atoms with Gasteiger partial charge < -0.3 is 4.42 Å². The normalized spacial score (nSPS) is 16.0. The van der Waals surface area contributed by atoms with Crippen LogP contribution in [0.25, 0.3) is 83.9 Å². The highest BCUT2D eigenvalue weighted by atomic mass is 16.3. The van der Waals surface area contributed by atoms with E-state index in [1.54, 1.807) is 5.57 Å². The van der Waals surface area contributed by atoms with Gasteiger partial charge in [-0.2, -0.15) is 0 Å². The first kappa shape index (κ1) is 33.2. The molecular weight excluding hydrogens is 695 g/mol. The Bertz CT molecular complexity index is 3030. The van der Waals surface area contributed by atoms with E-state index in [1.165, 1.54) is 22.3 Å². The number of fused-ring (bicyclic) bond motifs is 5. The van der Waals surface area contributed by atoms with Crippen LogP contribution in [-0.2, 0) is 0 Å². The first-order chi connectivity index (χ1) is 28.2. The molecule has 2 heterocycles. The summed E-state index contributed by atoms with van der Waals surface area (Å²) >= 11 is 0. The summed E-state index contributed by atoms with van der Waals surface area (Å²) in [6, 6.07) is 50.5. The molecule has 0 fully saturated rings. The number of aromatic nitrogens is 3. The molecule has 0 bridgehead atoms. The summed E-state index contributed by atoms with van der Waals surface area (Å²) in [6.07, 6.45) is 17.4. The molecule has 3 aliphatic carbocycles. The van der Waals surface area contributed by atoms with Crippen molar-refractivity contribution in [3.63, 3.8) is 0 Å². The largest absolute Gasteiger partial charge is 0.456 e. The lowest BCUT2D eigenvalue weighted by atomic mass is 9.74. The van der Waals surface area contributed by atoms with Crippen LogP contribution < -0.4 is 0 Å². The maximum Gasteiger partial charge on any atom is 0.164 e. The molecule has 0 saturated heterocycles. The number of furan rings is 1. The fourth-order valence-electron chi connectivity index (χ4n) is 8.73. The SMILES string of the molecule is C1=CC2=C(CC1)C1CC=C(c3cccc(-c4ccc5oc6cccc(-c7nc(-c8ccccc8)nc(-c8cccc(-c9ccccc9)c8)n7)c6c5c4)c3)C=C1C=C2. The molecule has 6 aromatic carbocycles. The Balaban J connectivity index is 1.00. The van der Waals surface area contributed by atoms with Gasteiger partial charge in [0.2, 0.25) is 0 Å². The van der Waals surface area contributed by atoms with E-state index in [0.717, 1.165) is 80.1 Å². The fraction of sp³-hybridized carbons (Fsp3) is 0.0755. The fourth-order valence-corrected chi connectivity index (χ4v) is 8.73. The molecule has 11 rings (SSSR count). The average molecular weight is 732 g/mol. The Morgan fingerprint density at radius 3 is 2.02 bits per heavy atom. The van der Waals surface area contributed by atoms with Crippen LogP contribution in [0.3, 0.4) is 0 Å². The third-order valence-electron chi connectivity index (χ3n) is 11.6. The van der Waals surface area contributed by atoms with E-state index >= 15 is 0 Å². The lowest BCUT2D eigenvalue weighted by Crippen LogP contribution is -2.15. The van der Waals surface area contributed by atoms with Crippen LogP contribution in [0, 0.1) is 5.92 Å². The smallest absolute Gasteiger partial charge is 0.164 e. The lowest BCUT2D eigenvalue weighted by molar-refractivity contribution is 0.669. The van der Waals surface area contributed by atoms with Crippen LogP contribution in [0.4, 0.5) is 0 Å². The number of hydrogen-bond donors (Lipinski definition) is 0. The van der Waals surface area contributed by atoms with Gasteiger partial charge in [-0.25, -0.2) is 15.0 Å². The molecule has 1 unspecified atom stereocenters. The maximum absolute atomic E-state index is 6.50. The minimum atomic E-state index is 0.497. The molecule has 0 spiro atoms. The zero-order valence-corrected chi connectivity index (χ0v) is 31.3. The van der Waals surface area contributed by atoms with E-state index in [0.29, 0.717) is 23.4 Å². The second-order valence-electron chi connectivity index (χ2n) is 15.0. The summed E-state index contributed by atoms with van der Waals surface area (Å²) in [7, 11) is 0. The van der Waals surface area contributed by atoms with Gasteiger partial charge in [0, 0.05) is 33.4 Å². The summed E-state index contributed by atoms with van der Waals surface area (Å²) in [5.41, 5.74) is 15.9. The topological polar surface area (TPSA) is 51.8 Å². The van der Waals surface area contributed by atoms with Gasteiger partial charge in [-0.15, -0.1) is 0 Å². The third kappa shape index (κ3) is 6.07. The predicted octanol–water partition coefficient (Wildman–Crippen LogP) is 13.7. The predicted molar refractivity (Wildman–Crippen MR) is 233 cm³/mol. The van der Waals surface area contributed by atoms with Crippen molar-refractivity contribution in [2.75, 3.05) is 0 Å². The first-order valence-electron chi connectivity index (χ1n) is 19.8. The molecule has 4 nitrogen and oxygen atoms in total. The van der Waals surface area contributed by atoms with Crippen LogP contribution in [0.2, 0.25) is 0 Å². The van der Waals surface area contributed by atoms with E-state index in [4.69, 9.17) is 19.4 Å². The minimum Gasteiger partial charge on any atom is -0.456 e. The molecule has 57 heavy (non-hydrogen) atoms. The lowest BCUT2D eigenvalue weighted by Gasteiger charge is -2.30. The van der Waals surface area contributed by atoms with Crippen LogP contribution in [-0.4, -0.2) is 15.0 Å². The third-order valence-corrected chi connectivity index (χ3v) is 11.6. The Kier molecular flexibility index (Phi) is 8.06. The van der Waals surface area contributed by atoms with Gasteiger partial charge >= 0.3 is 0 Å². The van der Waals surface area contributed by atoms with Crippen molar-refractivity contribution in [3.8, 4) is 56.4 Å². The summed E-state index contributed by atoms with van der Waals surface area (Å²) in [6.45, 7) is 0. The highest BCUT2D eigenvalue weighted by molar-refractivity contribution is 6.12. The van der Waals surface area contributed by atoms with Crippen LogP contribution in [0.15, 0.2) is 203 Å². The van der Waals surface area contributed by atoms with Crippen molar-refractivity contribution >= 4 is 27.5 Å². The molecule has 270 valence electrons. The zero-order chi connectivity index (χ0) is 37.7.